The molecule has 1 N–H and O–H groups in total. The molecule has 1 aromatic heterocycles. The first-order chi connectivity index (χ1) is 8.34. The molecule has 0 spiro atoms. The number of carboxylic acids is 1. The Labute approximate surface area is 103 Å². The van der Waals surface area contributed by atoms with Crippen LogP contribution < -0.4 is 0 Å². The van der Waals surface area contributed by atoms with Gasteiger partial charge in [-0.2, -0.15) is 0 Å². The van der Waals surface area contributed by atoms with Crippen LogP contribution >= 0.6 is 0 Å². The summed E-state index contributed by atoms with van der Waals surface area (Å²) in [6.07, 6.45) is 1.63. The van der Waals surface area contributed by atoms with E-state index < -0.39 is 16.4 Å². The molecular weight excluding hydrogens is 236 g/mol. The van der Waals surface area contributed by atoms with Gasteiger partial charge in [-0.15, -0.1) is 0 Å². The Morgan fingerprint density at radius 3 is 2.61 bits per heavy atom. The molecule has 0 aliphatic carbocycles. The number of fused-ring (bicyclic) bond motifs is 1. The van der Waals surface area contributed by atoms with Gasteiger partial charge in [0.05, 0.1) is 4.92 Å². The number of hydrogen-bond donors (Lipinski definition) is 1. The predicted octanol–water partition coefficient (Wildman–Crippen LogP) is 2.37. The summed E-state index contributed by atoms with van der Waals surface area (Å²) >= 11 is 0. The van der Waals surface area contributed by atoms with Crippen molar-refractivity contribution < 1.29 is 14.8 Å². The average Bonchev–Trinajstić information content (AvgIpc) is 2.71. The fraction of sp³-hybridized carbons (Fsp3) is 0.250. The van der Waals surface area contributed by atoms with E-state index in [1.54, 1.807) is 36.7 Å². The number of carboxylic acid groups (broad SMARTS) is 1. The van der Waals surface area contributed by atoms with Crippen LogP contribution in [0.4, 0.5) is 5.69 Å². The van der Waals surface area contributed by atoms with Crippen molar-refractivity contribution in [3.8, 4) is 0 Å². The van der Waals surface area contributed by atoms with Crippen molar-refractivity contribution in [1.82, 2.24) is 4.57 Å². The average molecular weight is 248 g/mol. The number of hydrogen-bond acceptors (Lipinski definition) is 3. The molecule has 0 unspecified atom stereocenters. The van der Waals surface area contributed by atoms with E-state index in [4.69, 9.17) is 0 Å². The Morgan fingerprint density at radius 1 is 1.39 bits per heavy atom. The Kier molecular flexibility index (Phi) is 2.58. The summed E-state index contributed by atoms with van der Waals surface area (Å²) < 4.78 is 1.59. The van der Waals surface area contributed by atoms with Gasteiger partial charge in [-0.25, -0.2) is 4.79 Å². The van der Waals surface area contributed by atoms with Crippen LogP contribution in [0, 0.1) is 10.1 Å². The lowest BCUT2D eigenvalue weighted by Gasteiger charge is -2.22. The van der Waals surface area contributed by atoms with E-state index in [2.05, 4.69) is 0 Å². The van der Waals surface area contributed by atoms with E-state index in [9.17, 15) is 20.0 Å². The zero-order valence-electron chi connectivity index (χ0n) is 9.95. The number of aliphatic carboxylic acids is 1. The van der Waals surface area contributed by atoms with Gasteiger partial charge in [0.2, 0.25) is 0 Å². The van der Waals surface area contributed by atoms with Crippen LogP contribution in [-0.4, -0.2) is 20.6 Å². The van der Waals surface area contributed by atoms with Crippen LogP contribution in [0.2, 0.25) is 0 Å². The lowest BCUT2D eigenvalue weighted by molar-refractivity contribution is -0.384. The Bertz CT molecular complexity index is 643. The standard InChI is InChI=1S/C12H12N2O4/c1-12(2,11(15)16)13-6-5-8-7-9(14(17)18)3-4-10(8)13/h3-7H,1-2H3,(H,15,16). The highest BCUT2D eigenvalue weighted by Crippen LogP contribution is 2.27. The number of nitro benzene ring substituents is 1. The summed E-state index contributed by atoms with van der Waals surface area (Å²) in [6.45, 7) is 3.16. The van der Waals surface area contributed by atoms with Gasteiger partial charge in [0.15, 0.2) is 0 Å². The van der Waals surface area contributed by atoms with Gasteiger partial charge in [-0.3, -0.25) is 10.1 Å². The van der Waals surface area contributed by atoms with Crippen LogP contribution in [0.5, 0.6) is 0 Å². The quantitative estimate of drug-likeness (QED) is 0.667. The summed E-state index contributed by atoms with van der Waals surface area (Å²) in [4.78, 5) is 21.4. The van der Waals surface area contributed by atoms with Gasteiger partial charge in [0.1, 0.15) is 5.54 Å². The van der Waals surface area contributed by atoms with Crippen molar-refractivity contribution in [2.75, 3.05) is 0 Å². The highest BCUT2D eigenvalue weighted by Gasteiger charge is 2.30. The first-order valence-corrected chi connectivity index (χ1v) is 5.33. The second-order valence-electron chi connectivity index (χ2n) is 4.55. The number of nitro groups is 1. The second kappa shape index (κ2) is 3.83. The van der Waals surface area contributed by atoms with E-state index >= 15 is 0 Å². The Morgan fingerprint density at radius 2 is 2.06 bits per heavy atom. The van der Waals surface area contributed by atoms with E-state index in [0.29, 0.717) is 10.9 Å². The van der Waals surface area contributed by atoms with Crippen LogP contribution in [0.25, 0.3) is 10.9 Å². The molecule has 0 aliphatic rings. The monoisotopic (exact) mass is 248 g/mol. The van der Waals surface area contributed by atoms with Crippen molar-refractivity contribution in [2.45, 2.75) is 19.4 Å². The van der Waals surface area contributed by atoms with Gasteiger partial charge < -0.3 is 9.67 Å². The fourth-order valence-electron chi connectivity index (χ4n) is 1.83. The van der Waals surface area contributed by atoms with Crippen molar-refractivity contribution in [1.29, 1.82) is 0 Å². The topological polar surface area (TPSA) is 85.4 Å². The van der Waals surface area contributed by atoms with E-state index in [1.807, 2.05) is 0 Å². The molecule has 0 amide bonds. The molecule has 2 rings (SSSR count). The number of carbonyl (C=O) groups is 1. The van der Waals surface area contributed by atoms with Crippen LogP contribution in [0.1, 0.15) is 13.8 Å². The smallest absolute Gasteiger partial charge is 0.329 e. The summed E-state index contributed by atoms with van der Waals surface area (Å²) in [5.74, 6) is -0.960. The molecule has 0 atom stereocenters. The minimum absolute atomic E-state index is 0.00613. The summed E-state index contributed by atoms with van der Waals surface area (Å²) in [5.41, 5.74) is -0.445. The molecule has 0 aliphatic heterocycles. The Hall–Kier alpha value is -2.37. The molecule has 0 bridgehead atoms. The molecule has 0 saturated carbocycles. The summed E-state index contributed by atoms with van der Waals surface area (Å²) in [6, 6.07) is 6.05. The van der Waals surface area contributed by atoms with Gasteiger partial charge >= 0.3 is 5.97 Å². The zero-order chi connectivity index (χ0) is 13.5. The number of nitrogens with zero attached hydrogens (tertiary/aromatic N) is 2. The normalized spacial score (nSPS) is 11.7. The number of non-ortho nitro benzene ring substituents is 1. The van der Waals surface area contributed by atoms with Crippen molar-refractivity contribution in [3.05, 3.63) is 40.6 Å². The van der Waals surface area contributed by atoms with Gasteiger partial charge in [0, 0.05) is 29.2 Å². The van der Waals surface area contributed by atoms with Crippen LogP contribution in [0.3, 0.4) is 0 Å². The minimum atomic E-state index is -1.10. The third-order valence-corrected chi connectivity index (χ3v) is 3.01. The second-order valence-corrected chi connectivity index (χ2v) is 4.55. The molecule has 1 heterocycles. The van der Waals surface area contributed by atoms with Gasteiger partial charge in [-0.1, -0.05) is 0 Å². The maximum Gasteiger partial charge on any atom is 0.329 e. The van der Waals surface area contributed by atoms with Crippen LogP contribution in [0.15, 0.2) is 30.5 Å². The van der Waals surface area contributed by atoms with Crippen molar-refractivity contribution in [2.24, 2.45) is 0 Å². The molecule has 6 heteroatoms. The summed E-state index contributed by atoms with van der Waals surface area (Å²) in [5, 5.41) is 20.5. The van der Waals surface area contributed by atoms with Crippen molar-refractivity contribution in [3.63, 3.8) is 0 Å². The number of aromatic nitrogens is 1. The van der Waals surface area contributed by atoms with Gasteiger partial charge in [-0.05, 0) is 26.0 Å². The number of benzene rings is 1. The molecule has 94 valence electrons. The molecule has 18 heavy (non-hydrogen) atoms. The largest absolute Gasteiger partial charge is 0.480 e. The predicted molar refractivity (Wildman–Crippen MR) is 65.6 cm³/mol. The third-order valence-electron chi connectivity index (χ3n) is 3.01. The maximum absolute atomic E-state index is 11.2. The van der Waals surface area contributed by atoms with E-state index in [-0.39, 0.29) is 5.69 Å². The zero-order valence-corrected chi connectivity index (χ0v) is 9.95. The first kappa shape index (κ1) is 12.1. The summed E-state index contributed by atoms with van der Waals surface area (Å²) in [7, 11) is 0. The maximum atomic E-state index is 11.2. The molecule has 0 fully saturated rings. The number of rotatable bonds is 3. The third kappa shape index (κ3) is 1.71. The van der Waals surface area contributed by atoms with E-state index in [0.717, 1.165) is 0 Å². The lowest BCUT2D eigenvalue weighted by atomic mass is 10.1. The van der Waals surface area contributed by atoms with Crippen molar-refractivity contribution >= 4 is 22.6 Å². The molecule has 2 aromatic rings. The molecule has 1 aromatic carbocycles. The van der Waals surface area contributed by atoms with E-state index in [1.165, 1.54) is 12.1 Å². The SMILES string of the molecule is CC(C)(C(=O)O)n1ccc2cc([N+](=O)[O-])ccc21. The van der Waals surface area contributed by atoms with Gasteiger partial charge in [0.25, 0.3) is 5.69 Å². The first-order valence-electron chi connectivity index (χ1n) is 5.33. The Balaban J connectivity index is 2.63. The molecule has 6 nitrogen and oxygen atoms in total. The molecule has 0 saturated heterocycles. The highest BCUT2D eigenvalue weighted by atomic mass is 16.6. The molecule has 0 radical (unpaired) electrons. The molecular formula is C12H12N2O4. The lowest BCUT2D eigenvalue weighted by Crippen LogP contribution is -2.34. The highest BCUT2D eigenvalue weighted by molar-refractivity contribution is 5.86. The fourth-order valence-corrected chi connectivity index (χ4v) is 1.83. The van der Waals surface area contributed by atoms with Crippen LogP contribution in [-0.2, 0) is 10.3 Å². The minimum Gasteiger partial charge on any atom is -0.480 e.